The molecule has 2 aromatic carbocycles. The molecule has 0 fully saturated rings. The molecule has 1 aromatic heterocycles. The van der Waals surface area contributed by atoms with Gasteiger partial charge in [-0.05, 0) is 44.9 Å². The van der Waals surface area contributed by atoms with Gasteiger partial charge in [0.1, 0.15) is 17.1 Å². The van der Waals surface area contributed by atoms with Gasteiger partial charge in [0.05, 0.1) is 13.7 Å². The Morgan fingerprint density at radius 3 is 2.42 bits per heavy atom. The molecular weight excluding hydrogens is 466 g/mol. The minimum atomic E-state index is -1.46. The van der Waals surface area contributed by atoms with E-state index in [0.717, 1.165) is 11.1 Å². The first kappa shape index (κ1) is 26.5. The summed E-state index contributed by atoms with van der Waals surface area (Å²) in [4.78, 5) is 37.1. The summed E-state index contributed by atoms with van der Waals surface area (Å²) in [5.74, 6) is -1.09. The zero-order valence-electron chi connectivity index (χ0n) is 21.1. The van der Waals surface area contributed by atoms with Gasteiger partial charge in [-0.25, -0.2) is 19.1 Å². The summed E-state index contributed by atoms with van der Waals surface area (Å²) in [7, 11) is 1.38. The number of aliphatic carboxylic acids is 1. The van der Waals surface area contributed by atoms with Crippen molar-refractivity contribution in [1.82, 2.24) is 14.3 Å². The van der Waals surface area contributed by atoms with Crippen molar-refractivity contribution >= 4 is 11.9 Å². The van der Waals surface area contributed by atoms with Gasteiger partial charge in [0.25, 0.3) is 0 Å². The van der Waals surface area contributed by atoms with Crippen LogP contribution < -0.4 is 15.2 Å². The molecule has 1 heterocycles. The number of carbonyl (C=O) groups excluding carboxylic acids is 1. The standard InChI is InChI=1S/C26H31N3O7/c1-6-13-28-22(27-29(25(28)33)15-18-9-7-17(2)8-10-18)16-35-23(30)20-12-11-19(14-21(20)34-5)36-26(3,4)24(31)32/h7-12,14H,6,13,15-16H2,1-5H3,(H,31,32). The molecule has 36 heavy (non-hydrogen) atoms. The van der Waals surface area contributed by atoms with Crippen LogP contribution in [0.2, 0.25) is 0 Å². The third-order valence-corrected chi connectivity index (χ3v) is 5.51. The van der Waals surface area contributed by atoms with Gasteiger partial charge in [0.15, 0.2) is 18.0 Å². The van der Waals surface area contributed by atoms with Crippen molar-refractivity contribution in [3.63, 3.8) is 0 Å². The number of aryl methyl sites for hydroxylation is 1. The van der Waals surface area contributed by atoms with E-state index in [1.54, 1.807) is 0 Å². The Labute approximate surface area is 209 Å². The second-order valence-corrected chi connectivity index (χ2v) is 8.85. The first-order valence-electron chi connectivity index (χ1n) is 11.5. The molecular formula is C26H31N3O7. The average molecular weight is 498 g/mol. The lowest BCUT2D eigenvalue weighted by atomic mass is 10.1. The van der Waals surface area contributed by atoms with E-state index in [1.165, 1.54) is 48.4 Å². The molecule has 0 unspecified atom stereocenters. The molecule has 10 heteroatoms. The van der Waals surface area contributed by atoms with E-state index >= 15 is 0 Å². The summed E-state index contributed by atoms with van der Waals surface area (Å²) >= 11 is 0. The molecule has 0 spiro atoms. The van der Waals surface area contributed by atoms with Crippen molar-refractivity contribution in [2.45, 2.75) is 59.4 Å². The minimum absolute atomic E-state index is 0.126. The Hall–Kier alpha value is -4.08. The third kappa shape index (κ3) is 6.12. The maximum absolute atomic E-state index is 12.9. The van der Waals surface area contributed by atoms with Crippen LogP contribution in [0, 0.1) is 6.92 Å². The summed E-state index contributed by atoms with van der Waals surface area (Å²) in [6.45, 7) is 7.30. The van der Waals surface area contributed by atoms with E-state index < -0.39 is 17.5 Å². The van der Waals surface area contributed by atoms with Gasteiger partial charge in [0.2, 0.25) is 0 Å². The number of hydrogen-bond acceptors (Lipinski definition) is 7. The van der Waals surface area contributed by atoms with Gasteiger partial charge in [-0.2, -0.15) is 5.10 Å². The highest BCUT2D eigenvalue weighted by Gasteiger charge is 2.30. The fourth-order valence-electron chi connectivity index (χ4n) is 3.46. The van der Waals surface area contributed by atoms with Crippen molar-refractivity contribution in [2.24, 2.45) is 0 Å². The lowest BCUT2D eigenvalue weighted by Crippen LogP contribution is -2.37. The molecule has 1 N–H and O–H groups in total. The van der Waals surface area contributed by atoms with E-state index in [2.05, 4.69) is 5.10 Å². The number of aromatic nitrogens is 3. The largest absolute Gasteiger partial charge is 0.496 e. The maximum Gasteiger partial charge on any atom is 0.347 e. The maximum atomic E-state index is 12.9. The molecule has 10 nitrogen and oxygen atoms in total. The average Bonchev–Trinajstić information content (AvgIpc) is 3.13. The number of rotatable bonds is 11. The normalized spacial score (nSPS) is 11.2. The Balaban J connectivity index is 1.78. The summed E-state index contributed by atoms with van der Waals surface area (Å²) < 4.78 is 19.1. The molecule has 3 aromatic rings. The van der Waals surface area contributed by atoms with Crippen molar-refractivity contribution in [3.8, 4) is 11.5 Å². The molecule has 192 valence electrons. The molecule has 3 rings (SSSR count). The Kier molecular flexibility index (Phi) is 8.18. The molecule has 0 aliphatic rings. The molecule has 0 radical (unpaired) electrons. The van der Waals surface area contributed by atoms with Crippen molar-refractivity contribution in [3.05, 3.63) is 75.5 Å². The predicted octanol–water partition coefficient (Wildman–Crippen LogP) is 3.42. The Morgan fingerprint density at radius 1 is 1.11 bits per heavy atom. The SMILES string of the molecule is CCCn1c(COC(=O)c2ccc(OC(C)(C)C(=O)O)cc2OC)nn(Cc2ccc(C)cc2)c1=O. The third-order valence-electron chi connectivity index (χ3n) is 5.51. The highest BCUT2D eigenvalue weighted by molar-refractivity contribution is 5.92. The van der Waals surface area contributed by atoms with E-state index in [-0.39, 0.29) is 29.4 Å². The topological polar surface area (TPSA) is 122 Å². The first-order valence-corrected chi connectivity index (χ1v) is 11.5. The van der Waals surface area contributed by atoms with Crippen LogP contribution in [0.25, 0.3) is 0 Å². The number of methoxy groups -OCH3 is 1. The van der Waals surface area contributed by atoms with Crippen LogP contribution in [-0.4, -0.2) is 44.1 Å². The molecule has 0 aliphatic heterocycles. The molecule has 0 bridgehead atoms. The van der Waals surface area contributed by atoms with Crippen LogP contribution in [0.5, 0.6) is 11.5 Å². The van der Waals surface area contributed by atoms with Crippen LogP contribution in [0.3, 0.4) is 0 Å². The van der Waals surface area contributed by atoms with Gasteiger partial charge >= 0.3 is 17.6 Å². The van der Waals surface area contributed by atoms with Crippen LogP contribution in [-0.2, 0) is 29.2 Å². The van der Waals surface area contributed by atoms with Gasteiger partial charge in [-0.3, -0.25) is 4.57 Å². The lowest BCUT2D eigenvalue weighted by Gasteiger charge is -2.22. The molecule has 0 aliphatic carbocycles. The number of esters is 1. The number of ether oxygens (including phenoxy) is 3. The number of nitrogens with zero attached hydrogens (tertiary/aromatic N) is 3. The van der Waals surface area contributed by atoms with Crippen molar-refractivity contribution < 1.29 is 28.9 Å². The lowest BCUT2D eigenvalue weighted by molar-refractivity contribution is -0.152. The van der Waals surface area contributed by atoms with E-state index in [0.29, 0.717) is 25.3 Å². The van der Waals surface area contributed by atoms with Gasteiger partial charge in [0, 0.05) is 12.6 Å². The second-order valence-electron chi connectivity index (χ2n) is 8.85. The van der Waals surface area contributed by atoms with Crippen molar-refractivity contribution in [1.29, 1.82) is 0 Å². The zero-order valence-corrected chi connectivity index (χ0v) is 21.1. The number of carboxylic acids is 1. The second kappa shape index (κ2) is 11.1. The summed E-state index contributed by atoms with van der Waals surface area (Å²) in [6.07, 6.45) is 0.707. The fourth-order valence-corrected chi connectivity index (χ4v) is 3.46. The summed E-state index contributed by atoms with van der Waals surface area (Å²) in [5, 5.41) is 13.7. The van der Waals surface area contributed by atoms with Crippen LogP contribution >= 0.6 is 0 Å². The van der Waals surface area contributed by atoms with Gasteiger partial charge in [-0.15, -0.1) is 0 Å². The molecule has 0 saturated carbocycles. The monoisotopic (exact) mass is 497 g/mol. The number of carbonyl (C=O) groups is 2. The summed E-state index contributed by atoms with van der Waals surface area (Å²) in [5.41, 5.74) is 0.444. The number of carboxylic acid groups (broad SMARTS) is 1. The fraction of sp³-hybridized carbons (Fsp3) is 0.385. The summed E-state index contributed by atoms with van der Waals surface area (Å²) in [6, 6.07) is 12.1. The quantitative estimate of drug-likeness (QED) is 0.400. The Bertz CT molecular complexity index is 1290. The molecule has 0 amide bonds. The highest BCUT2D eigenvalue weighted by atomic mass is 16.5. The van der Waals surface area contributed by atoms with Crippen LogP contribution in [0.1, 0.15) is 54.5 Å². The van der Waals surface area contributed by atoms with Gasteiger partial charge in [-0.1, -0.05) is 36.8 Å². The first-order chi connectivity index (χ1) is 17.1. The Morgan fingerprint density at radius 2 is 1.81 bits per heavy atom. The number of hydrogen-bond donors (Lipinski definition) is 1. The molecule has 0 saturated heterocycles. The van der Waals surface area contributed by atoms with E-state index in [1.807, 2.05) is 38.1 Å². The predicted molar refractivity (Wildman–Crippen MR) is 132 cm³/mol. The zero-order chi connectivity index (χ0) is 26.5. The highest BCUT2D eigenvalue weighted by Crippen LogP contribution is 2.28. The van der Waals surface area contributed by atoms with Crippen molar-refractivity contribution in [2.75, 3.05) is 7.11 Å². The van der Waals surface area contributed by atoms with Crippen LogP contribution in [0.4, 0.5) is 0 Å². The van der Waals surface area contributed by atoms with E-state index in [4.69, 9.17) is 14.2 Å². The van der Waals surface area contributed by atoms with Gasteiger partial charge < -0.3 is 19.3 Å². The minimum Gasteiger partial charge on any atom is -0.496 e. The van der Waals surface area contributed by atoms with E-state index in [9.17, 15) is 19.5 Å². The van der Waals surface area contributed by atoms with Crippen LogP contribution in [0.15, 0.2) is 47.3 Å². The number of benzene rings is 2. The molecule has 0 atom stereocenters. The smallest absolute Gasteiger partial charge is 0.347 e.